The molecule has 2 aliphatic rings. The van der Waals surface area contributed by atoms with Crippen LogP contribution in [0.15, 0.2) is 23.0 Å². The molecule has 3 N–H and O–H groups in total. The number of carbonyl (C=O) groups is 1. The summed E-state index contributed by atoms with van der Waals surface area (Å²) in [4.78, 5) is 28.2. The van der Waals surface area contributed by atoms with E-state index in [4.69, 9.17) is 9.47 Å². The molecule has 2 aromatic rings. The Labute approximate surface area is 137 Å². The van der Waals surface area contributed by atoms with E-state index in [1.807, 2.05) is 0 Å². The fourth-order valence-corrected chi connectivity index (χ4v) is 3.08. The van der Waals surface area contributed by atoms with Gasteiger partial charge < -0.3 is 19.7 Å². The Balaban J connectivity index is 1.46. The number of ether oxygens (including phenoxy) is 2. The van der Waals surface area contributed by atoms with E-state index in [0.29, 0.717) is 36.1 Å². The van der Waals surface area contributed by atoms with Crippen LogP contribution in [0.3, 0.4) is 0 Å². The Morgan fingerprint density at radius 3 is 3.12 bits per heavy atom. The molecule has 2 aliphatic heterocycles. The number of nitrogens with one attached hydrogen (secondary N) is 3. The Morgan fingerprint density at radius 2 is 2.29 bits per heavy atom. The predicted molar refractivity (Wildman–Crippen MR) is 84.3 cm³/mol. The van der Waals surface area contributed by atoms with Crippen LogP contribution in [0.25, 0.3) is 0 Å². The highest BCUT2D eigenvalue weighted by molar-refractivity contribution is 5.91. The smallest absolute Gasteiger partial charge is 0.340 e. The number of H-pyrrole nitrogens is 2. The number of hydrogen-bond acceptors (Lipinski definition) is 5. The fraction of sp³-hybridized carbons (Fsp3) is 0.400. The van der Waals surface area contributed by atoms with Crippen LogP contribution in [-0.4, -0.2) is 46.0 Å². The van der Waals surface area contributed by atoms with Crippen LogP contribution in [0.1, 0.15) is 24.6 Å². The first kappa shape index (κ1) is 14.6. The van der Waals surface area contributed by atoms with Gasteiger partial charge in [-0.15, -0.1) is 0 Å². The van der Waals surface area contributed by atoms with Crippen molar-refractivity contribution in [1.82, 2.24) is 20.1 Å². The van der Waals surface area contributed by atoms with Crippen LogP contribution >= 0.6 is 0 Å². The third-order valence-electron chi connectivity index (χ3n) is 4.25. The quantitative estimate of drug-likeness (QED) is 0.766. The van der Waals surface area contributed by atoms with Gasteiger partial charge in [0.05, 0.1) is 5.69 Å². The van der Waals surface area contributed by atoms with Gasteiger partial charge in [0.2, 0.25) is 6.79 Å². The topological polar surface area (TPSA) is 112 Å². The molecule has 9 nitrogen and oxygen atoms in total. The van der Waals surface area contributed by atoms with Gasteiger partial charge in [0.25, 0.3) is 0 Å². The molecule has 0 aliphatic carbocycles. The number of rotatable bonds is 2. The van der Waals surface area contributed by atoms with Gasteiger partial charge in [-0.3, -0.25) is 4.98 Å². The molecule has 9 heteroatoms. The molecule has 0 saturated carbocycles. The predicted octanol–water partition coefficient (Wildman–Crippen LogP) is 1.24. The fourth-order valence-electron chi connectivity index (χ4n) is 3.08. The van der Waals surface area contributed by atoms with E-state index in [1.165, 1.54) is 0 Å². The van der Waals surface area contributed by atoms with Crippen molar-refractivity contribution in [2.45, 2.75) is 18.8 Å². The third kappa shape index (κ3) is 2.68. The van der Waals surface area contributed by atoms with E-state index in [0.717, 1.165) is 12.8 Å². The van der Waals surface area contributed by atoms with Gasteiger partial charge in [-0.2, -0.15) is 5.10 Å². The molecular formula is C15H17N5O4. The Bertz CT molecular complexity index is 814. The average Bonchev–Trinajstić information content (AvgIpc) is 3.24. The average molecular weight is 331 g/mol. The maximum absolute atomic E-state index is 12.6. The zero-order valence-corrected chi connectivity index (χ0v) is 12.9. The number of aromatic amines is 2. The summed E-state index contributed by atoms with van der Waals surface area (Å²) < 4.78 is 10.7. The number of carbonyl (C=O) groups excluding carboxylic acids is 1. The van der Waals surface area contributed by atoms with Crippen molar-refractivity contribution in [3.63, 3.8) is 0 Å². The number of piperidine rings is 1. The van der Waals surface area contributed by atoms with Crippen LogP contribution in [0.4, 0.5) is 10.5 Å². The molecule has 1 fully saturated rings. The molecule has 1 atom stereocenters. The van der Waals surface area contributed by atoms with E-state index in [2.05, 4.69) is 20.5 Å². The summed E-state index contributed by atoms with van der Waals surface area (Å²) in [6.45, 7) is 1.31. The van der Waals surface area contributed by atoms with Crippen LogP contribution < -0.4 is 20.5 Å². The number of urea groups is 1. The lowest BCUT2D eigenvalue weighted by atomic mass is 9.98. The first-order valence-corrected chi connectivity index (χ1v) is 7.80. The molecule has 1 aromatic heterocycles. The summed E-state index contributed by atoms with van der Waals surface area (Å²) >= 11 is 0. The summed E-state index contributed by atoms with van der Waals surface area (Å²) in [5.74, 6) is 1.79. The van der Waals surface area contributed by atoms with Crippen molar-refractivity contribution in [3.05, 3.63) is 34.5 Å². The Kier molecular flexibility index (Phi) is 3.60. The van der Waals surface area contributed by atoms with Gasteiger partial charge in [-0.05, 0) is 25.0 Å². The van der Waals surface area contributed by atoms with Crippen molar-refractivity contribution < 1.29 is 14.3 Å². The summed E-state index contributed by atoms with van der Waals surface area (Å²) in [5, 5.41) is 9.22. The number of amides is 2. The van der Waals surface area contributed by atoms with Gasteiger partial charge in [-0.1, -0.05) is 6.07 Å². The number of nitrogens with zero attached hydrogens (tertiary/aromatic N) is 2. The van der Waals surface area contributed by atoms with Gasteiger partial charge >= 0.3 is 11.7 Å². The summed E-state index contributed by atoms with van der Waals surface area (Å²) in [6.07, 6.45) is 1.72. The van der Waals surface area contributed by atoms with Gasteiger partial charge in [0.1, 0.15) is 5.82 Å². The van der Waals surface area contributed by atoms with Crippen molar-refractivity contribution in [1.29, 1.82) is 0 Å². The number of aromatic nitrogens is 3. The highest BCUT2D eigenvalue weighted by atomic mass is 16.7. The molecule has 0 spiro atoms. The number of benzene rings is 1. The van der Waals surface area contributed by atoms with E-state index in [-0.39, 0.29) is 24.4 Å². The molecule has 2 amide bonds. The lowest BCUT2D eigenvalue weighted by Gasteiger charge is -2.31. The summed E-state index contributed by atoms with van der Waals surface area (Å²) in [6, 6.07) is 5.17. The van der Waals surface area contributed by atoms with E-state index in [9.17, 15) is 9.59 Å². The van der Waals surface area contributed by atoms with Gasteiger partial charge in [-0.25, -0.2) is 14.7 Å². The maximum Gasteiger partial charge on any atom is 0.340 e. The number of anilines is 1. The highest BCUT2D eigenvalue weighted by Gasteiger charge is 2.28. The monoisotopic (exact) mass is 331 g/mol. The summed E-state index contributed by atoms with van der Waals surface area (Å²) in [7, 11) is 0. The number of para-hydroxylation sites is 1. The second kappa shape index (κ2) is 5.91. The van der Waals surface area contributed by atoms with Crippen LogP contribution in [-0.2, 0) is 0 Å². The zero-order chi connectivity index (χ0) is 16.5. The van der Waals surface area contributed by atoms with E-state index in [1.54, 1.807) is 23.1 Å². The molecule has 126 valence electrons. The Hall–Kier alpha value is -2.97. The minimum atomic E-state index is -0.330. The van der Waals surface area contributed by atoms with Crippen LogP contribution in [0.2, 0.25) is 0 Å². The highest BCUT2D eigenvalue weighted by Crippen LogP contribution is 2.39. The van der Waals surface area contributed by atoms with Gasteiger partial charge in [0, 0.05) is 19.0 Å². The second-order valence-electron chi connectivity index (χ2n) is 5.82. The van der Waals surface area contributed by atoms with Crippen LogP contribution in [0, 0.1) is 0 Å². The maximum atomic E-state index is 12.6. The van der Waals surface area contributed by atoms with Crippen molar-refractivity contribution in [2.24, 2.45) is 0 Å². The molecular weight excluding hydrogens is 314 g/mol. The second-order valence-corrected chi connectivity index (χ2v) is 5.82. The minimum absolute atomic E-state index is 0.0181. The molecule has 1 unspecified atom stereocenters. The molecule has 0 bridgehead atoms. The first-order chi connectivity index (χ1) is 11.7. The van der Waals surface area contributed by atoms with Crippen molar-refractivity contribution in [2.75, 3.05) is 25.2 Å². The summed E-state index contributed by atoms with van der Waals surface area (Å²) in [5.41, 5.74) is 0.258. The third-order valence-corrected chi connectivity index (χ3v) is 4.25. The number of likely N-dealkylation sites (tertiary alicyclic amines) is 1. The number of fused-ring (bicyclic) bond motifs is 1. The molecule has 3 heterocycles. The van der Waals surface area contributed by atoms with E-state index >= 15 is 0 Å². The molecule has 1 saturated heterocycles. The van der Waals surface area contributed by atoms with Crippen molar-refractivity contribution >= 4 is 11.7 Å². The molecule has 0 radical (unpaired) electrons. The minimum Gasteiger partial charge on any atom is -0.454 e. The molecule has 24 heavy (non-hydrogen) atoms. The van der Waals surface area contributed by atoms with E-state index < -0.39 is 0 Å². The number of hydrogen-bond donors (Lipinski definition) is 3. The zero-order valence-electron chi connectivity index (χ0n) is 12.9. The SMILES string of the molecule is O=C(Nc1cccc2c1OCO2)N1CCCC(c2n[nH]c(=O)[nH]2)C1. The normalized spacial score (nSPS) is 19.3. The largest absolute Gasteiger partial charge is 0.454 e. The van der Waals surface area contributed by atoms with Gasteiger partial charge in [0.15, 0.2) is 11.5 Å². The lowest BCUT2D eigenvalue weighted by molar-refractivity contribution is 0.174. The standard InChI is InChI=1S/C15H17N5O4/c21-14-17-13(18-19-14)9-3-2-6-20(7-9)15(22)16-10-4-1-5-11-12(10)24-8-23-11/h1,4-5,9H,2-3,6-8H2,(H,16,22)(H2,17,18,19,21). The lowest BCUT2D eigenvalue weighted by Crippen LogP contribution is -2.41. The molecule has 4 rings (SSSR count). The first-order valence-electron chi connectivity index (χ1n) is 7.80. The Morgan fingerprint density at radius 1 is 1.38 bits per heavy atom. The molecule has 1 aromatic carbocycles. The van der Waals surface area contributed by atoms with Crippen LogP contribution in [0.5, 0.6) is 11.5 Å². The van der Waals surface area contributed by atoms with Crippen molar-refractivity contribution in [3.8, 4) is 11.5 Å².